The number of ether oxygens (including phenoxy) is 1. The summed E-state index contributed by atoms with van der Waals surface area (Å²) in [6.07, 6.45) is 1.63. The van der Waals surface area contributed by atoms with E-state index in [9.17, 15) is 9.18 Å². The predicted octanol–water partition coefficient (Wildman–Crippen LogP) is 3.18. The molecule has 0 atom stereocenters. The average Bonchev–Trinajstić information content (AvgIpc) is 3.11. The summed E-state index contributed by atoms with van der Waals surface area (Å²) in [5.41, 5.74) is 4.02. The van der Waals surface area contributed by atoms with Crippen LogP contribution in [0.2, 0.25) is 0 Å². The fourth-order valence-electron chi connectivity index (χ4n) is 3.74. The summed E-state index contributed by atoms with van der Waals surface area (Å²) in [5.74, 6) is -0.177. The van der Waals surface area contributed by atoms with Crippen LogP contribution in [-0.2, 0) is 22.4 Å². The Kier molecular flexibility index (Phi) is 4.89. The molecule has 26 heavy (non-hydrogen) atoms. The number of nitrogens with zero attached hydrogens (tertiary/aromatic N) is 2. The molecule has 0 bridgehead atoms. The third kappa shape index (κ3) is 3.44. The quantitative estimate of drug-likeness (QED) is 0.845. The first-order chi connectivity index (χ1) is 12.7. The highest BCUT2D eigenvalue weighted by Gasteiger charge is 2.25. The number of carbonyl (C=O) groups is 1. The molecular weight excluding hydrogens is 331 g/mol. The van der Waals surface area contributed by atoms with E-state index in [-0.39, 0.29) is 11.7 Å². The number of amides is 1. The largest absolute Gasteiger partial charge is 0.378 e. The van der Waals surface area contributed by atoms with Crippen molar-refractivity contribution in [3.05, 3.63) is 59.4 Å². The Bertz CT molecular complexity index is 802. The lowest BCUT2D eigenvalue weighted by Gasteiger charge is -2.29. The minimum absolute atomic E-state index is 0.0612. The van der Waals surface area contributed by atoms with Crippen LogP contribution in [0.25, 0.3) is 0 Å². The summed E-state index contributed by atoms with van der Waals surface area (Å²) < 4.78 is 19.2. The number of benzene rings is 2. The van der Waals surface area contributed by atoms with Gasteiger partial charge in [-0.1, -0.05) is 18.2 Å². The van der Waals surface area contributed by atoms with Crippen LogP contribution in [0.5, 0.6) is 0 Å². The number of morpholine rings is 1. The van der Waals surface area contributed by atoms with Crippen molar-refractivity contribution in [2.45, 2.75) is 19.3 Å². The highest BCUT2D eigenvalue weighted by Crippen LogP contribution is 2.32. The average molecular weight is 354 g/mol. The highest BCUT2D eigenvalue weighted by atomic mass is 19.1. The molecule has 0 spiro atoms. The van der Waals surface area contributed by atoms with E-state index in [1.54, 1.807) is 18.2 Å². The summed E-state index contributed by atoms with van der Waals surface area (Å²) in [6, 6.07) is 13.0. The number of carbonyl (C=O) groups excluding carboxylic acids is 1. The standard InChI is InChI=1S/C21H23FN2O2/c22-19-4-2-1-3-16(19)5-8-21(25)24-10-9-17-15-18(6-7-20(17)24)23-11-13-26-14-12-23/h1-4,6-7,15H,5,8-14H2. The van der Waals surface area contributed by atoms with Crippen LogP contribution in [0, 0.1) is 5.82 Å². The normalized spacial score (nSPS) is 16.7. The van der Waals surface area contributed by atoms with Crippen molar-refractivity contribution in [3.63, 3.8) is 0 Å². The molecule has 4 rings (SSSR count). The minimum atomic E-state index is -0.239. The molecule has 1 saturated heterocycles. The molecule has 0 aromatic heterocycles. The van der Waals surface area contributed by atoms with Crippen LogP contribution >= 0.6 is 0 Å². The number of aryl methyl sites for hydroxylation is 1. The van der Waals surface area contributed by atoms with E-state index in [1.807, 2.05) is 11.0 Å². The first kappa shape index (κ1) is 17.0. The Hall–Kier alpha value is -2.40. The van der Waals surface area contributed by atoms with Gasteiger partial charge in [-0.2, -0.15) is 0 Å². The second-order valence-corrected chi connectivity index (χ2v) is 6.80. The van der Waals surface area contributed by atoms with E-state index < -0.39 is 0 Å². The van der Waals surface area contributed by atoms with Crippen molar-refractivity contribution in [2.24, 2.45) is 0 Å². The van der Waals surface area contributed by atoms with Gasteiger partial charge in [-0.15, -0.1) is 0 Å². The maximum Gasteiger partial charge on any atom is 0.227 e. The van der Waals surface area contributed by atoms with E-state index in [0.29, 0.717) is 24.9 Å². The van der Waals surface area contributed by atoms with Crippen LogP contribution in [0.4, 0.5) is 15.8 Å². The maximum atomic E-state index is 13.7. The monoisotopic (exact) mass is 354 g/mol. The Balaban J connectivity index is 1.43. The zero-order chi connectivity index (χ0) is 17.9. The molecule has 0 radical (unpaired) electrons. The van der Waals surface area contributed by atoms with Crippen LogP contribution < -0.4 is 9.80 Å². The van der Waals surface area contributed by atoms with Crippen molar-refractivity contribution in [1.82, 2.24) is 0 Å². The first-order valence-corrected chi connectivity index (χ1v) is 9.22. The molecular formula is C21H23FN2O2. The van der Waals surface area contributed by atoms with Gasteiger partial charge in [0.05, 0.1) is 13.2 Å². The second-order valence-electron chi connectivity index (χ2n) is 6.80. The van der Waals surface area contributed by atoms with E-state index in [0.717, 1.165) is 38.4 Å². The smallest absolute Gasteiger partial charge is 0.227 e. The van der Waals surface area contributed by atoms with E-state index in [1.165, 1.54) is 17.3 Å². The number of fused-ring (bicyclic) bond motifs is 1. The van der Waals surface area contributed by atoms with Gasteiger partial charge in [-0.25, -0.2) is 4.39 Å². The zero-order valence-corrected chi connectivity index (χ0v) is 14.8. The lowest BCUT2D eigenvalue weighted by molar-refractivity contribution is -0.118. The van der Waals surface area contributed by atoms with E-state index in [2.05, 4.69) is 17.0 Å². The third-order valence-corrected chi connectivity index (χ3v) is 5.20. The van der Waals surface area contributed by atoms with Crippen molar-refractivity contribution in [3.8, 4) is 0 Å². The van der Waals surface area contributed by atoms with Gasteiger partial charge in [0.25, 0.3) is 0 Å². The Morgan fingerprint density at radius 1 is 1.08 bits per heavy atom. The minimum Gasteiger partial charge on any atom is -0.378 e. The molecule has 0 aliphatic carbocycles. The van der Waals surface area contributed by atoms with Crippen LogP contribution in [0.1, 0.15) is 17.5 Å². The SMILES string of the molecule is O=C(CCc1ccccc1F)N1CCc2cc(N3CCOCC3)ccc21. The van der Waals surface area contributed by atoms with Crippen LogP contribution in [0.15, 0.2) is 42.5 Å². The lowest BCUT2D eigenvalue weighted by atomic mass is 10.1. The van der Waals surface area contributed by atoms with Crippen molar-refractivity contribution in [1.29, 1.82) is 0 Å². The topological polar surface area (TPSA) is 32.8 Å². The van der Waals surface area contributed by atoms with E-state index in [4.69, 9.17) is 4.74 Å². The maximum absolute atomic E-state index is 13.7. The highest BCUT2D eigenvalue weighted by molar-refractivity contribution is 5.95. The molecule has 4 nitrogen and oxygen atoms in total. The number of rotatable bonds is 4. The van der Waals surface area contributed by atoms with Crippen LogP contribution in [0.3, 0.4) is 0 Å². The molecule has 2 heterocycles. The molecule has 1 fully saturated rings. The van der Waals surface area contributed by atoms with Gasteiger partial charge >= 0.3 is 0 Å². The number of hydrogen-bond acceptors (Lipinski definition) is 3. The molecule has 2 aromatic rings. The molecule has 5 heteroatoms. The predicted molar refractivity (Wildman–Crippen MR) is 100 cm³/mol. The van der Waals surface area contributed by atoms with Gasteiger partial charge in [-0.05, 0) is 48.2 Å². The molecule has 0 saturated carbocycles. The van der Waals surface area contributed by atoms with Crippen molar-refractivity contribution in [2.75, 3.05) is 42.6 Å². The van der Waals surface area contributed by atoms with Gasteiger partial charge in [0, 0.05) is 37.4 Å². The Morgan fingerprint density at radius 3 is 2.69 bits per heavy atom. The van der Waals surface area contributed by atoms with E-state index >= 15 is 0 Å². The molecule has 0 unspecified atom stereocenters. The summed E-state index contributed by atoms with van der Waals surface area (Å²) >= 11 is 0. The van der Waals surface area contributed by atoms with Gasteiger partial charge in [0.15, 0.2) is 0 Å². The van der Waals surface area contributed by atoms with Crippen molar-refractivity contribution >= 4 is 17.3 Å². The molecule has 0 N–H and O–H groups in total. The Labute approximate surface area is 153 Å². The fourth-order valence-corrected chi connectivity index (χ4v) is 3.74. The number of halogens is 1. The summed E-state index contributed by atoms with van der Waals surface area (Å²) in [6.45, 7) is 4.04. The van der Waals surface area contributed by atoms with Gasteiger partial charge in [-0.3, -0.25) is 4.79 Å². The van der Waals surface area contributed by atoms with Gasteiger partial charge < -0.3 is 14.5 Å². The first-order valence-electron chi connectivity index (χ1n) is 9.22. The van der Waals surface area contributed by atoms with Gasteiger partial charge in [0.2, 0.25) is 5.91 Å². The summed E-state index contributed by atoms with van der Waals surface area (Å²) in [5, 5.41) is 0. The summed E-state index contributed by atoms with van der Waals surface area (Å²) in [7, 11) is 0. The zero-order valence-electron chi connectivity index (χ0n) is 14.8. The molecule has 136 valence electrons. The molecule has 2 aliphatic heterocycles. The molecule has 1 amide bonds. The second kappa shape index (κ2) is 7.46. The fraction of sp³-hybridized carbons (Fsp3) is 0.381. The summed E-state index contributed by atoms with van der Waals surface area (Å²) in [4.78, 5) is 16.8. The Morgan fingerprint density at radius 2 is 1.88 bits per heavy atom. The van der Waals surface area contributed by atoms with Crippen LogP contribution in [-0.4, -0.2) is 38.8 Å². The number of anilines is 2. The molecule has 2 aromatic carbocycles. The van der Waals surface area contributed by atoms with Crippen molar-refractivity contribution < 1.29 is 13.9 Å². The number of hydrogen-bond donors (Lipinski definition) is 0. The molecule has 2 aliphatic rings. The van der Waals surface area contributed by atoms with Gasteiger partial charge in [0.1, 0.15) is 5.82 Å². The third-order valence-electron chi connectivity index (χ3n) is 5.20. The lowest BCUT2D eigenvalue weighted by Crippen LogP contribution is -2.36.